The van der Waals surface area contributed by atoms with Crippen LogP contribution in [0.1, 0.15) is 42.1 Å². The van der Waals surface area contributed by atoms with Crippen molar-refractivity contribution in [2.75, 3.05) is 13.1 Å². The van der Waals surface area contributed by atoms with Crippen molar-refractivity contribution >= 4 is 5.91 Å². The molecular formula is C14H20N2O. The smallest absolute Gasteiger partial charge is 0.251 e. The summed E-state index contributed by atoms with van der Waals surface area (Å²) in [5.74, 6) is 0.000782. The van der Waals surface area contributed by atoms with Crippen LogP contribution in [-0.4, -0.2) is 19.0 Å². The Bertz CT molecular complexity index is 405. The predicted molar refractivity (Wildman–Crippen MR) is 69.0 cm³/mol. The first kappa shape index (κ1) is 12.1. The van der Waals surface area contributed by atoms with Crippen LogP contribution in [0.15, 0.2) is 24.3 Å². The van der Waals surface area contributed by atoms with E-state index in [9.17, 15) is 4.79 Å². The molecule has 0 atom stereocenters. The van der Waals surface area contributed by atoms with Crippen LogP contribution in [0, 0.1) is 0 Å². The second-order valence-electron chi connectivity index (χ2n) is 4.78. The monoisotopic (exact) mass is 232 g/mol. The molecule has 0 radical (unpaired) electrons. The van der Waals surface area contributed by atoms with Crippen molar-refractivity contribution < 1.29 is 4.79 Å². The van der Waals surface area contributed by atoms with Crippen LogP contribution >= 0.6 is 0 Å². The minimum Gasteiger partial charge on any atom is -0.352 e. The number of carbonyl (C=O) groups excluding carboxylic acids is 1. The van der Waals surface area contributed by atoms with E-state index in [1.54, 1.807) is 0 Å². The molecule has 0 aromatic heterocycles. The van der Waals surface area contributed by atoms with Crippen LogP contribution in [0.5, 0.6) is 0 Å². The van der Waals surface area contributed by atoms with E-state index in [1.807, 2.05) is 25.1 Å². The molecule has 0 saturated heterocycles. The van der Waals surface area contributed by atoms with E-state index in [0.717, 1.165) is 18.4 Å². The third-order valence-electron chi connectivity index (χ3n) is 3.78. The van der Waals surface area contributed by atoms with Gasteiger partial charge in [-0.15, -0.1) is 0 Å². The number of hydrogen-bond donors (Lipinski definition) is 2. The lowest BCUT2D eigenvalue weighted by Crippen LogP contribution is -2.41. The molecule has 1 aliphatic rings. The van der Waals surface area contributed by atoms with Gasteiger partial charge in [-0.05, 0) is 37.5 Å². The molecule has 1 fully saturated rings. The van der Waals surface area contributed by atoms with Gasteiger partial charge < -0.3 is 11.1 Å². The van der Waals surface area contributed by atoms with Gasteiger partial charge >= 0.3 is 0 Å². The van der Waals surface area contributed by atoms with Crippen LogP contribution < -0.4 is 11.1 Å². The first-order chi connectivity index (χ1) is 8.22. The number of nitrogens with one attached hydrogen (secondary N) is 1. The van der Waals surface area contributed by atoms with Crippen molar-refractivity contribution in [2.45, 2.75) is 31.6 Å². The maximum atomic E-state index is 11.8. The minimum absolute atomic E-state index is 0.000782. The summed E-state index contributed by atoms with van der Waals surface area (Å²) < 4.78 is 0. The van der Waals surface area contributed by atoms with Crippen LogP contribution in [0.25, 0.3) is 0 Å². The summed E-state index contributed by atoms with van der Waals surface area (Å²) in [7, 11) is 0. The van der Waals surface area contributed by atoms with Gasteiger partial charge in [0, 0.05) is 24.1 Å². The van der Waals surface area contributed by atoms with Crippen LogP contribution in [0.3, 0.4) is 0 Å². The third-order valence-corrected chi connectivity index (χ3v) is 3.78. The molecule has 1 saturated carbocycles. The Morgan fingerprint density at radius 1 is 1.47 bits per heavy atom. The summed E-state index contributed by atoms with van der Waals surface area (Å²) >= 11 is 0. The Morgan fingerprint density at radius 3 is 2.76 bits per heavy atom. The second kappa shape index (κ2) is 4.88. The van der Waals surface area contributed by atoms with Gasteiger partial charge in [-0.25, -0.2) is 0 Å². The van der Waals surface area contributed by atoms with Gasteiger partial charge in [0.1, 0.15) is 0 Å². The van der Waals surface area contributed by atoms with Gasteiger partial charge in [0.2, 0.25) is 0 Å². The standard InChI is InChI=1S/C14H20N2O/c1-2-16-13(17)11-5-3-6-12(9-11)14(10-15)7-4-8-14/h3,5-6,9H,2,4,7-8,10,15H2,1H3,(H,16,17). The van der Waals surface area contributed by atoms with E-state index in [2.05, 4.69) is 11.4 Å². The molecule has 2 rings (SSSR count). The number of nitrogens with two attached hydrogens (primary N) is 1. The number of carbonyl (C=O) groups is 1. The highest BCUT2D eigenvalue weighted by Crippen LogP contribution is 2.42. The number of benzene rings is 1. The Morgan fingerprint density at radius 2 is 2.24 bits per heavy atom. The van der Waals surface area contributed by atoms with Crippen molar-refractivity contribution in [2.24, 2.45) is 5.73 Å². The number of amides is 1. The second-order valence-corrected chi connectivity index (χ2v) is 4.78. The fourth-order valence-corrected chi connectivity index (χ4v) is 2.47. The van der Waals surface area contributed by atoms with Gasteiger partial charge in [-0.3, -0.25) is 4.79 Å². The molecule has 92 valence electrons. The van der Waals surface area contributed by atoms with E-state index >= 15 is 0 Å². The van der Waals surface area contributed by atoms with Crippen LogP contribution in [-0.2, 0) is 5.41 Å². The van der Waals surface area contributed by atoms with Gasteiger partial charge in [0.25, 0.3) is 5.91 Å². The molecule has 1 aromatic carbocycles. The van der Waals surface area contributed by atoms with E-state index in [-0.39, 0.29) is 11.3 Å². The molecule has 1 amide bonds. The Kier molecular flexibility index (Phi) is 3.48. The van der Waals surface area contributed by atoms with Crippen molar-refractivity contribution in [3.05, 3.63) is 35.4 Å². The summed E-state index contributed by atoms with van der Waals surface area (Å²) in [6, 6.07) is 7.90. The lowest BCUT2D eigenvalue weighted by Gasteiger charge is -2.41. The first-order valence-electron chi connectivity index (χ1n) is 6.31. The van der Waals surface area contributed by atoms with Gasteiger partial charge in [-0.2, -0.15) is 0 Å². The van der Waals surface area contributed by atoms with Crippen molar-refractivity contribution in [3.8, 4) is 0 Å². The molecule has 0 bridgehead atoms. The molecule has 1 aromatic rings. The SMILES string of the molecule is CCNC(=O)c1cccc(C2(CN)CCC2)c1. The van der Waals surface area contributed by atoms with Crippen molar-refractivity contribution in [1.29, 1.82) is 0 Å². The Hall–Kier alpha value is -1.35. The fraction of sp³-hybridized carbons (Fsp3) is 0.500. The molecule has 3 heteroatoms. The maximum Gasteiger partial charge on any atom is 0.251 e. The highest BCUT2D eigenvalue weighted by molar-refractivity contribution is 5.94. The molecule has 3 N–H and O–H groups in total. The molecule has 1 aliphatic carbocycles. The minimum atomic E-state index is 0.000782. The normalized spacial score (nSPS) is 17.3. The third kappa shape index (κ3) is 2.20. The lowest BCUT2D eigenvalue weighted by atomic mass is 9.64. The Labute approximate surface area is 102 Å². The largest absolute Gasteiger partial charge is 0.352 e. The maximum absolute atomic E-state index is 11.8. The summed E-state index contributed by atoms with van der Waals surface area (Å²) in [6.07, 6.45) is 3.52. The van der Waals surface area contributed by atoms with Gasteiger partial charge in [0.05, 0.1) is 0 Å². The summed E-state index contributed by atoms with van der Waals surface area (Å²) in [5.41, 5.74) is 7.97. The molecule has 3 nitrogen and oxygen atoms in total. The summed E-state index contributed by atoms with van der Waals surface area (Å²) in [4.78, 5) is 11.8. The van der Waals surface area contributed by atoms with Crippen molar-refractivity contribution in [1.82, 2.24) is 5.32 Å². The molecule has 17 heavy (non-hydrogen) atoms. The van der Waals surface area contributed by atoms with E-state index in [0.29, 0.717) is 13.1 Å². The van der Waals surface area contributed by atoms with E-state index < -0.39 is 0 Å². The lowest BCUT2D eigenvalue weighted by molar-refractivity contribution is 0.0955. The first-order valence-corrected chi connectivity index (χ1v) is 6.31. The quantitative estimate of drug-likeness (QED) is 0.832. The highest BCUT2D eigenvalue weighted by Gasteiger charge is 2.37. The molecule has 0 aliphatic heterocycles. The molecular weight excluding hydrogens is 212 g/mol. The van der Waals surface area contributed by atoms with E-state index in [4.69, 9.17) is 5.73 Å². The predicted octanol–water partition coefficient (Wildman–Crippen LogP) is 1.82. The van der Waals surface area contributed by atoms with E-state index in [1.165, 1.54) is 12.0 Å². The van der Waals surface area contributed by atoms with Gasteiger partial charge in [0.15, 0.2) is 0 Å². The zero-order valence-electron chi connectivity index (χ0n) is 10.3. The topological polar surface area (TPSA) is 55.1 Å². The summed E-state index contributed by atoms with van der Waals surface area (Å²) in [6.45, 7) is 3.26. The van der Waals surface area contributed by atoms with Gasteiger partial charge in [-0.1, -0.05) is 18.6 Å². The zero-order chi connectivity index (χ0) is 12.3. The average Bonchev–Trinajstić information content (AvgIpc) is 2.29. The van der Waals surface area contributed by atoms with Crippen molar-refractivity contribution in [3.63, 3.8) is 0 Å². The number of rotatable bonds is 4. The average molecular weight is 232 g/mol. The zero-order valence-corrected chi connectivity index (χ0v) is 10.3. The summed E-state index contributed by atoms with van der Waals surface area (Å²) in [5, 5.41) is 2.82. The highest BCUT2D eigenvalue weighted by atomic mass is 16.1. The molecule has 0 spiro atoms. The van der Waals surface area contributed by atoms with Crippen LogP contribution in [0.2, 0.25) is 0 Å². The Balaban J connectivity index is 2.25. The fourth-order valence-electron chi connectivity index (χ4n) is 2.47. The molecule has 0 heterocycles. The number of hydrogen-bond acceptors (Lipinski definition) is 2. The van der Waals surface area contributed by atoms with Crippen LogP contribution in [0.4, 0.5) is 0 Å². The molecule has 0 unspecified atom stereocenters.